The highest BCUT2D eigenvalue weighted by molar-refractivity contribution is 5.59. The van der Waals surface area contributed by atoms with Gasteiger partial charge in [0.25, 0.3) is 0 Å². The fourth-order valence-electron chi connectivity index (χ4n) is 3.09. The molecule has 3 heterocycles. The van der Waals surface area contributed by atoms with Crippen molar-refractivity contribution in [3.8, 4) is 17.1 Å². The Labute approximate surface area is 140 Å². The Morgan fingerprint density at radius 3 is 2.71 bits per heavy atom. The average molecular weight is 326 g/mol. The Bertz CT molecular complexity index is 760. The number of H-pyrrole nitrogens is 1. The normalized spacial score (nSPS) is 22.2. The maximum Gasteiger partial charge on any atom is 0.126 e. The molecule has 0 amide bonds. The first-order valence-electron chi connectivity index (χ1n) is 8.77. The lowest BCUT2D eigenvalue weighted by Gasteiger charge is -2.36. The van der Waals surface area contributed by atoms with Gasteiger partial charge in [0.1, 0.15) is 17.0 Å². The van der Waals surface area contributed by atoms with Crippen molar-refractivity contribution in [1.82, 2.24) is 15.2 Å². The quantitative estimate of drug-likeness (QED) is 0.851. The van der Waals surface area contributed by atoms with Gasteiger partial charge in [0, 0.05) is 17.8 Å². The number of nitrogens with zero attached hydrogens (tertiary/aromatic N) is 2. The first-order valence-corrected chi connectivity index (χ1v) is 8.77. The molecule has 2 aromatic heterocycles. The molecule has 2 saturated carbocycles. The number of pyridine rings is 1. The van der Waals surface area contributed by atoms with Gasteiger partial charge in [-0.2, -0.15) is 5.10 Å². The number of hydrogen-bond donors (Lipinski definition) is 2. The monoisotopic (exact) mass is 326 g/mol. The molecule has 0 bridgehead atoms. The minimum atomic E-state index is -0.440. The topological polar surface area (TPSA) is 86.0 Å². The van der Waals surface area contributed by atoms with Crippen LogP contribution >= 0.6 is 0 Å². The molecule has 5 rings (SSSR count). The van der Waals surface area contributed by atoms with E-state index in [1.165, 1.54) is 31.2 Å². The van der Waals surface area contributed by atoms with Gasteiger partial charge in [0.05, 0.1) is 31.2 Å². The van der Waals surface area contributed by atoms with Gasteiger partial charge in [0.2, 0.25) is 0 Å². The van der Waals surface area contributed by atoms with E-state index in [1.54, 1.807) is 0 Å². The van der Waals surface area contributed by atoms with Gasteiger partial charge in [-0.15, -0.1) is 0 Å². The second kappa shape index (κ2) is 5.29. The largest absolute Gasteiger partial charge is 0.493 e. The van der Waals surface area contributed by atoms with E-state index in [4.69, 9.17) is 15.2 Å². The molecule has 0 aromatic carbocycles. The zero-order valence-corrected chi connectivity index (χ0v) is 13.6. The van der Waals surface area contributed by atoms with E-state index >= 15 is 0 Å². The van der Waals surface area contributed by atoms with Crippen molar-refractivity contribution in [2.45, 2.75) is 37.1 Å². The first-order chi connectivity index (χ1) is 11.7. The molecule has 0 unspecified atom stereocenters. The Morgan fingerprint density at radius 1 is 1.21 bits per heavy atom. The van der Waals surface area contributed by atoms with E-state index in [2.05, 4.69) is 15.2 Å². The third kappa shape index (κ3) is 2.59. The Balaban J connectivity index is 1.43. The summed E-state index contributed by atoms with van der Waals surface area (Å²) in [5, 5.41) is 7.44. The summed E-state index contributed by atoms with van der Waals surface area (Å²) < 4.78 is 11.3. The fraction of sp³-hybridized carbons (Fsp3) is 0.556. The summed E-state index contributed by atoms with van der Waals surface area (Å²) in [5.74, 6) is 2.34. The predicted octanol–water partition coefficient (Wildman–Crippen LogP) is 2.32. The highest BCUT2D eigenvalue weighted by Crippen LogP contribution is 2.45. The number of hydrogen-bond acceptors (Lipinski definition) is 5. The Hall–Kier alpha value is -1.92. The summed E-state index contributed by atoms with van der Waals surface area (Å²) in [6, 6.07) is 4.02. The smallest absolute Gasteiger partial charge is 0.126 e. The minimum Gasteiger partial charge on any atom is -0.493 e. The molecule has 3 fully saturated rings. The number of aromatic amines is 1. The Kier molecular flexibility index (Phi) is 3.18. The van der Waals surface area contributed by atoms with Crippen LogP contribution in [0.25, 0.3) is 11.4 Å². The van der Waals surface area contributed by atoms with Crippen molar-refractivity contribution in [2.24, 2.45) is 11.7 Å². The van der Waals surface area contributed by atoms with Gasteiger partial charge < -0.3 is 15.2 Å². The lowest BCUT2D eigenvalue weighted by molar-refractivity contribution is -0.0590. The summed E-state index contributed by atoms with van der Waals surface area (Å²) in [7, 11) is 0. The molecule has 6 nitrogen and oxygen atoms in total. The van der Waals surface area contributed by atoms with Crippen LogP contribution < -0.4 is 10.5 Å². The number of nitrogens with one attached hydrogen (secondary N) is 1. The van der Waals surface area contributed by atoms with Crippen LogP contribution in [0.2, 0.25) is 0 Å². The van der Waals surface area contributed by atoms with Gasteiger partial charge in [-0.1, -0.05) is 0 Å². The summed E-state index contributed by atoms with van der Waals surface area (Å²) >= 11 is 0. The van der Waals surface area contributed by atoms with Crippen LogP contribution in [-0.4, -0.2) is 35.0 Å². The number of ether oxygens (including phenoxy) is 2. The van der Waals surface area contributed by atoms with Gasteiger partial charge >= 0.3 is 0 Å². The molecule has 0 radical (unpaired) electrons. The molecule has 0 spiro atoms. The molecular weight excluding hydrogens is 304 g/mol. The number of aromatic nitrogens is 3. The van der Waals surface area contributed by atoms with Crippen LogP contribution in [0.5, 0.6) is 5.75 Å². The number of nitrogens with two attached hydrogens (primary N) is 1. The molecule has 3 aliphatic rings. The predicted molar refractivity (Wildman–Crippen MR) is 88.7 cm³/mol. The van der Waals surface area contributed by atoms with Gasteiger partial charge in [0.15, 0.2) is 0 Å². The van der Waals surface area contributed by atoms with E-state index in [0.29, 0.717) is 19.1 Å². The van der Waals surface area contributed by atoms with Crippen molar-refractivity contribution >= 4 is 0 Å². The van der Waals surface area contributed by atoms with Gasteiger partial charge in [-0.05, 0) is 43.6 Å². The molecule has 24 heavy (non-hydrogen) atoms. The number of rotatable bonds is 6. The van der Waals surface area contributed by atoms with Crippen molar-refractivity contribution in [3.05, 3.63) is 29.6 Å². The van der Waals surface area contributed by atoms with Crippen LogP contribution in [-0.2, 0) is 10.3 Å². The molecule has 1 aliphatic heterocycles. The van der Waals surface area contributed by atoms with Crippen LogP contribution in [0.4, 0.5) is 0 Å². The van der Waals surface area contributed by atoms with Crippen molar-refractivity contribution < 1.29 is 9.47 Å². The van der Waals surface area contributed by atoms with Crippen LogP contribution in [0.1, 0.15) is 42.9 Å². The van der Waals surface area contributed by atoms with E-state index in [1.807, 2.05) is 18.3 Å². The summed E-state index contributed by atoms with van der Waals surface area (Å²) in [4.78, 5) is 4.62. The highest BCUT2D eigenvalue weighted by atomic mass is 16.5. The van der Waals surface area contributed by atoms with E-state index in [-0.39, 0.29) is 0 Å². The standard InChI is InChI=1S/C18H22N4O2/c19-18(9-23-10-18)17-6-15(21-22-17)14-5-16(24-8-11-1-2-11)13(7-20-14)12-3-4-12/h5-7,11-12H,1-4,8-10,19H2,(H,21,22). The molecule has 6 heteroatoms. The molecular formula is C18H22N4O2. The van der Waals surface area contributed by atoms with E-state index in [9.17, 15) is 0 Å². The van der Waals surface area contributed by atoms with Crippen LogP contribution in [0, 0.1) is 5.92 Å². The summed E-state index contributed by atoms with van der Waals surface area (Å²) in [6.07, 6.45) is 7.03. The first kappa shape index (κ1) is 14.4. The molecule has 3 N–H and O–H groups in total. The molecule has 1 saturated heterocycles. The van der Waals surface area contributed by atoms with Crippen molar-refractivity contribution in [2.75, 3.05) is 19.8 Å². The molecule has 126 valence electrons. The van der Waals surface area contributed by atoms with Crippen LogP contribution in [0.3, 0.4) is 0 Å². The second-order valence-electron chi connectivity index (χ2n) is 7.45. The average Bonchev–Trinajstić information content (AvgIpc) is 3.49. The van der Waals surface area contributed by atoms with Crippen molar-refractivity contribution in [1.29, 1.82) is 0 Å². The zero-order chi connectivity index (χ0) is 16.1. The summed E-state index contributed by atoms with van der Waals surface area (Å²) in [5.41, 5.74) is 9.61. The third-order valence-corrected chi connectivity index (χ3v) is 5.18. The van der Waals surface area contributed by atoms with E-state index < -0.39 is 5.54 Å². The lowest BCUT2D eigenvalue weighted by Crippen LogP contribution is -2.54. The highest BCUT2D eigenvalue weighted by Gasteiger charge is 2.38. The lowest BCUT2D eigenvalue weighted by atomic mass is 9.94. The fourth-order valence-corrected chi connectivity index (χ4v) is 3.09. The summed E-state index contributed by atoms with van der Waals surface area (Å²) in [6.45, 7) is 1.87. The maximum absolute atomic E-state index is 6.26. The zero-order valence-electron chi connectivity index (χ0n) is 13.6. The van der Waals surface area contributed by atoms with Crippen molar-refractivity contribution in [3.63, 3.8) is 0 Å². The SMILES string of the molecule is NC1(c2cc(-c3cc(OCC4CC4)c(C4CC4)cn3)n[nH]2)COC1. The maximum atomic E-state index is 6.26. The molecule has 0 atom stereocenters. The van der Waals surface area contributed by atoms with Gasteiger partial charge in [-0.3, -0.25) is 10.1 Å². The molecule has 2 aromatic rings. The minimum absolute atomic E-state index is 0.440. The van der Waals surface area contributed by atoms with Gasteiger partial charge in [-0.25, -0.2) is 0 Å². The van der Waals surface area contributed by atoms with Crippen LogP contribution in [0.15, 0.2) is 18.3 Å². The second-order valence-corrected chi connectivity index (χ2v) is 7.45. The van der Waals surface area contributed by atoms with E-state index in [0.717, 1.165) is 35.4 Å². The Morgan fingerprint density at radius 2 is 2.04 bits per heavy atom. The molecule has 2 aliphatic carbocycles. The third-order valence-electron chi connectivity index (χ3n) is 5.18.